The molecule has 0 bridgehead atoms. The molecule has 1 unspecified atom stereocenters. The van der Waals surface area contributed by atoms with E-state index in [4.69, 9.17) is 16.0 Å². The molecule has 4 aromatic rings. The van der Waals surface area contributed by atoms with Crippen molar-refractivity contribution in [3.05, 3.63) is 101 Å². The van der Waals surface area contributed by atoms with Crippen LogP contribution in [0.2, 0.25) is 5.02 Å². The molecular weight excluding hydrogens is 410 g/mol. The normalized spacial score (nSPS) is 12.5. The number of tetrazole rings is 1. The van der Waals surface area contributed by atoms with Gasteiger partial charge in [0.25, 0.3) is 0 Å². The third-order valence-electron chi connectivity index (χ3n) is 5.29. The van der Waals surface area contributed by atoms with Gasteiger partial charge in [-0.1, -0.05) is 74.0 Å². The molecular formula is C24H26ClN5O. The lowest BCUT2D eigenvalue weighted by molar-refractivity contribution is 0.117. The Morgan fingerprint density at radius 2 is 1.74 bits per heavy atom. The van der Waals surface area contributed by atoms with Crippen molar-refractivity contribution in [2.45, 2.75) is 39.5 Å². The van der Waals surface area contributed by atoms with Crippen molar-refractivity contribution in [2.24, 2.45) is 5.92 Å². The first-order chi connectivity index (χ1) is 15.1. The van der Waals surface area contributed by atoms with E-state index < -0.39 is 0 Å². The first kappa shape index (κ1) is 21.3. The predicted octanol–water partition coefficient (Wildman–Crippen LogP) is 5.37. The Balaban J connectivity index is 1.69. The Morgan fingerprint density at radius 1 is 0.968 bits per heavy atom. The van der Waals surface area contributed by atoms with Crippen LogP contribution < -0.4 is 0 Å². The van der Waals surface area contributed by atoms with Crippen LogP contribution in [0.25, 0.3) is 0 Å². The summed E-state index contributed by atoms with van der Waals surface area (Å²) in [6.07, 6.45) is 1.70. The van der Waals surface area contributed by atoms with E-state index in [0.717, 1.165) is 27.7 Å². The van der Waals surface area contributed by atoms with Gasteiger partial charge in [0.1, 0.15) is 5.76 Å². The molecule has 7 heteroatoms. The molecule has 160 valence electrons. The molecule has 0 N–H and O–H groups in total. The summed E-state index contributed by atoms with van der Waals surface area (Å²) < 4.78 is 7.56. The van der Waals surface area contributed by atoms with Crippen LogP contribution in [0.1, 0.15) is 42.6 Å². The second kappa shape index (κ2) is 9.90. The molecule has 31 heavy (non-hydrogen) atoms. The van der Waals surface area contributed by atoms with Crippen molar-refractivity contribution in [1.82, 2.24) is 25.1 Å². The summed E-state index contributed by atoms with van der Waals surface area (Å²) in [5, 5.41) is 13.5. The largest absolute Gasteiger partial charge is 0.468 e. The predicted molar refractivity (Wildman–Crippen MR) is 120 cm³/mol. The fourth-order valence-electron chi connectivity index (χ4n) is 3.88. The molecule has 2 aromatic carbocycles. The SMILES string of the molecule is CC(C)C(c1nnnn1Cc1ccccc1)N(Cc1ccco1)Cc1ccccc1Cl. The zero-order valence-electron chi connectivity index (χ0n) is 17.7. The van der Waals surface area contributed by atoms with E-state index in [1.54, 1.807) is 6.26 Å². The lowest BCUT2D eigenvalue weighted by Gasteiger charge is -2.33. The van der Waals surface area contributed by atoms with E-state index >= 15 is 0 Å². The summed E-state index contributed by atoms with van der Waals surface area (Å²) >= 11 is 6.50. The number of aromatic nitrogens is 4. The third kappa shape index (κ3) is 5.21. The fourth-order valence-corrected chi connectivity index (χ4v) is 4.07. The molecule has 0 aliphatic carbocycles. The van der Waals surface area contributed by atoms with E-state index in [-0.39, 0.29) is 12.0 Å². The minimum atomic E-state index is -0.0277. The van der Waals surface area contributed by atoms with Gasteiger partial charge in [-0.05, 0) is 45.7 Å². The van der Waals surface area contributed by atoms with E-state index in [0.29, 0.717) is 19.6 Å². The first-order valence-corrected chi connectivity index (χ1v) is 10.8. The van der Waals surface area contributed by atoms with E-state index in [9.17, 15) is 0 Å². The summed E-state index contributed by atoms with van der Waals surface area (Å²) in [6.45, 7) is 6.27. The van der Waals surface area contributed by atoms with Gasteiger partial charge in [0, 0.05) is 11.6 Å². The van der Waals surface area contributed by atoms with E-state index in [2.05, 4.69) is 52.5 Å². The number of nitrogens with zero attached hydrogens (tertiary/aromatic N) is 5. The minimum absolute atomic E-state index is 0.0277. The van der Waals surface area contributed by atoms with Gasteiger partial charge in [0.15, 0.2) is 5.82 Å². The lowest BCUT2D eigenvalue weighted by atomic mass is 10.00. The van der Waals surface area contributed by atoms with Crippen LogP contribution in [0.3, 0.4) is 0 Å². The molecule has 4 rings (SSSR count). The highest BCUT2D eigenvalue weighted by atomic mass is 35.5. The molecule has 0 amide bonds. The van der Waals surface area contributed by atoms with Crippen molar-refractivity contribution in [3.8, 4) is 0 Å². The van der Waals surface area contributed by atoms with Crippen LogP contribution in [-0.2, 0) is 19.6 Å². The fraction of sp³-hybridized carbons (Fsp3) is 0.292. The van der Waals surface area contributed by atoms with Gasteiger partial charge in [0.05, 0.1) is 25.4 Å². The molecule has 6 nitrogen and oxygen atoms in total. The van der Waals surface area contributed by atoms with E-state index in [1.165, 1.54) is 0 Å². The number of halogens is 1. The number of furan rings is 1. The molecule has 0 saturated carbocycles. The third-order valence-corrected chi connectivity index (χ3v) is 5.66. The zero-order chi connectivity index (χ0) is 21.6. The molecule has 2 heterocycles. The Hall–Kier alpha value is -2.96. The average molecular weight is 436 g/mol. The molecule has 2 aromatic heterocycles. The molecule has 0 aliphatic rings. The molecule has 0 spiro atoms. The maximum absolute atomic E-state index is 6.50. The number of benzene rings is 2. The highest BCUT2D eigenvalue weighted by Crippen LogP contribution is 2.31. The molecule has 1 atom stereocenters. The van der Waals surface area contributed by atoms with Gasteiger partial charge < -0.3 is 4.42 Å². The summed E-state index contributed by atoms with van der Waals surface area (Å²) in [7, 11) is 0. The summed E-state index contributed by atoms with van der Waals surface area (Å²) in [4.78, 5) is 2.33. The Morgan fingerprint density at radius 3 is 2.45 bits per heavy atom. The van der Waals surface area contributed by atoms with Gasteiger partial charge in [-0.2, -0.15) is 0 Å². The second-order valence-corrected chi connectivity index (χ2v) is 8.35. The minimum Gasteiger partial charge on any atom is -0.468 e. The Labute approximate surface area is 187 Å². The summed E-state index contributed by atoms with van der Waals surface area (Å²) in [5.74, 6) is 1.98. The van der Waals surface area contributed by atoms with Crippen LogP contribution in [-0.4, -0.2) is 25.1 Å². The summed E-state index contributed by atoms with van der Waals surface area (Å²) in [6, 6.07) is 22.0. The average Bonchev–Trinajstić information content (AvgIpc) is 3.43. The van der Waals surface area contributed by atoms with Crippen molar-refractivity contribution in [1.29, 1.82) is 0 Å². The molecule has 0 radical (unpaired) electrons. The quantitative estimate of drug-likeness (QED) is 0.354. The van der Waals surface area contributed by atoms with Crippen molar-refractivity contribution in [3.63, 3.8) is 0 Å². The zero-order valence-corrected chi connectivity index (χ0v) is 18.5. The van der Waals surface area contributed by atoms with Gasteiger partial charge in [0.2, 0.25) is 0 Å². The number of rotatable bonds is 9. The lowest BCUT2D eigenvalue weighted by Crippen LogP contribution is -2.33. The van der Waals surface area contributed by atoms with Crippen LogP contribution in [0, 0.1) is 5.92 Å². The maximum Gasteiger partial charge on any atom is 0.169 e. The smallest absolute Gasteiger partial charge is 0.169 e. The monoisotopic (exact) mass is 435 g/mol. The Bertz CT molecular complexity index is 1080. The highest BCUT2D eigenvalue weighted by molar-refractivity contribution is 6.31. The molecule has 0 saturated heterocycles. The molecule has 0 fully saturated rings. The van der Waals surface area contributed by atoms with Crippen LogP contribution in [0.4, 0.5) is 0 Å². The van der Waals surface area contributed by atoms with Crippen molar-refractivity contribution < 1.29 is 4.42 Å². The summed E-state index contributed by atoms with van der Waals surface area (Å²) in [5.41, 5.74) is 2.21. The number of hydrogen-bond acceptors (Lipinski definition) is 5. The van der Waals surface area contributed by atoms with Crippen LogP contribution in [0.5, 0.6) is 0 Å². The van der Waals surface area contributed by atoms with Gasteiger partial charge in [-0.15, -0.1) is 5.10 Å². The van der Waals surface area contributed by atoms with Gasteiger partial charge in [-0.25, -0.2) is 4.68 Å². The topological polar surface area (TPSA) is 60.0 Å². The Kier molecular flexibility index (Phi) is 6.79. The highest BCUT2D eigenvalue weighted by Gasteiger charge is 2.30. The van der Waals surface area contributed by atoms with Crippen molar-refractivity contribution in [2.75, 3.05) is 0 Å². The molecule has 0 aliphatic heterocycles. The first-order valence-electron chi connectivity index (χ1n) is 10.4. The number of hydrogen-bond donors (Lipinski definition) is 0. The van der Waals surface area contributed by atoms with Crippen molar-refractivity contribution >= 4 is 11.6 Å². The van der Waals surface area contributed by atoms with Crippen LogP contribution >= 0.6 is 11.6 Å². The van der Waals surface area contributed by atoms with Gasteiger partial charge >= 0.3 is 0 Å². The second-order valence-electron chi connectivity index (χ2n) is 7.94. The van der Waals surface area contributed by atoms with Gasteiger partial charge in [-0.3, -0.25) is 4.90 Å². The maximum atomic E-state index is 6.50. The standard InChI is InChI=1S/C24H26ClN5O/c1-18(2)23(24-26-27-28-30(24)15-19-9-4-3-5-10-19)29(17-21-12-8-14-31-21)16-20-11-6-7-13-22(20)25/h3-14,18,23H,15-17H2,1-2H3. The van der Waals surface area contributed by atoms with Crippen LogP contribution in [0.15, 0.2) is 77.4 Å². The van der Waals surface area contributed by atoms with E-state index in [1.807, 2.05) is 53.2 Å².